The molecule has 1 aromatic rings. The second-order valence-corrected chi connectivity index (χ2v) is 6.15. The molecule has 0 bridgehead atoms. The van der Waals surface area contributed by atoms with Gasteiger partial charge in [0.1, 0.15) is 0 Å². The second kappa shape index (κ2) is 7.81. The molecule has 1 saturated heterocycles. The fourth-order valence-electron chi connectivity index (χ4n) is 3.31. The van der Waals surface area contributed by atoms with Gasteiger partial charge in [-0.3, -0.25) is 4.90 Å². The first-order valence-electron chi connectivity index (χ1n) is 7.80. The van der Waals surface area contributed by atoms with Gasteiger partial charge in [0, 0.05) is 31.3 Å². The lowest BCUT2D eigenvalue weighted by atomic mass is 9.91. The molecule has 0 saturated carbocycles. The normalized spacial score (nSPS) is 22.8. The highest BCUT2D eigenvalue weighted by atomic mass is 16.5. The van der Waals surface area contributed by atoms with Crippen LogP contribution in [0.25, 0.3) is 0 Å². The van der Waals surface area contributed by atoms with E-state index < -0.39 is 0 Å². The maximum absolute atomic E-state index is 9.56. The average Bonchev–Trinajstić information content (AvgIpc) is 2.54. The number of likely N-dealkylation sites (N-methyl/N-ethyl adjacent to an activating group) is 1. The van der Waals surface area contributed by atoms with Gasteiger partial charge in [-0.15, -0.1) is 0 Å². The molecule has 1 aliphatic heterocycles. The van der Waals surface area contributed by atoms with Crippen LogP contribution in [0.1, 0.15) is 12.0 Å². The van der Waals surface area contributed by atoms with E-state index in [9.17, 15) is 5.11 Å². The van der Waals surface area contributed by atoms with Gasteiger partial charge in [-0.1, -0.05) is 12.1 Å². The number of ether oxygens (including phenoxy) is 2. The summed E-state index contributed by atoms with van der Waals surface area (Å²) >= 11 is 0. The summed E-state index contributed by atoms with van der Waals surface area (Å²) in [6.45, 7) is 3.05. The maximum atomic E-state index is 9.56. The standard InChI is InChI=1S/C17H28N2O3/c1-18(2)15-11-19(9-8-14(15)12-20)10-13-6-5-7-16(21-3)17(13)22-4/h5-7,14-15,20H,8-12H2,1-4H3/t14-,15-/m1/s1. The monoisotopic (exact) mass is 308 g/mol. The first-order valence-corrected chi connectivity index (χ1v) is 7.80. The third kappa shape index (κ3) is 3.72. The molecule has 0 aromatic heterocycles. The van der Waals surface area contributed by atoms with E-state index >= 15 is 0 Å². The van der Waals surface area contributed by atoms with E-state index in [1.54, 1.807) is 14.2 Å². The van der Waals surface area contributed by atoms with Crippen molar-refractivity contribution < 1.29 is 14.6 Å². The van der Waals surface area contributed by atoms with Crippen LogP contribution in [-0.4, -0.2) is 69.0 Å². The zero-order valence-corrected chi connectivity index (χ0v) is 14.1. The Morgan fingerprint density at radius 2 is 2.05 bits per heavy atom. The van der Waals surface area contributed by atoms with Crippen LogP contribution >= 0.6 is 0 Å². The van der Waals surface area contributed by atoms with E-state index in [2.05, 4.69) is 30.0 Å². The van der Waals surface area contributed by atoms with Crippen molar-refractivity contribution in [1.29, 1.82) is 0 Å². The number of piperidine rings is 1. The van der Waals surface area contributed by atoms with Gasteiger partial charge in [-0.25, -0.2) is 0 Å². The molecule has 0 unspecified atom stereocenters. The predicted molar refractivity (Wildman–Crippen MR) is 87.5 cm³/mol. The highest BCUT2D eigenvalue weighted by Crippen LogP contribution is 2.32. The Morgan fingerprint density at radius 1 is 1.27 bits per heavy atom. The minimum absolute atomic E-state index is 0.263. The van der Waals surface area contributed by atoms with Crippen molar-refractivity contribution in [2.45, 2.75) is 19.0 Å². The average molecular weight is 308 g/mol. The number of likely N-dealkylation sites (tertiary alicyclic amines) is 1. The number of nitrogens with zero attached hydrogens (tertiary/aromatic N) is 2. The molecule has 1 fully saturated rings. The molecule has 1 aromatic carbocycles. The Kier molecular flexibility index (Phi) is 6.06. The maximum Gasteiger partial charge on any atom is 0.165 e. The van der Waals surface area contributed by atoms with Gasteiger partial charge in [0.15, 0.2) is 11.5 Å². The molecule has 5 heteroatoms. The summed E-state index contributed by atoms with van der Waals surface area (Å²) in [5.41, 5.74) is 1.14. The van der Waals surface area contributed by atoms with Gasteiger partial charge in [0.05, 0.1) is 14.2 Å². The highest BCUT2D eigenvalue weighted by Gasteiger charge is 2.30. The minimum Gasteiger partial charge on any atom is -0.493 e. The SMILES string of the molecule is COc1cccc(CN2CC[C@H](CO)[C@H](N(C)C)C2)c1OC. The van der Waals surface area contributed by atoms with E-state index in [1.165, 1.54) is 0 Å². The molecule has 0 aliphatic carbocycles. The topological polar surface area (TPSA) is 45.2 Å². The van der Waals surface area contributed by atoms with E-state index in [4.69, 9.17) is 9.47 Å². The fourth-order valence-corrected chi connectivity index (χ4v) is 3.31. The summed E-state index contributed by atoms with van der Waals surface area (Å²) in [5, 5.41) is 9.56. The quantitative estimate of drug-likeness (QED) is 0.862. The first-order chi connectivity index (χ1) is 10.6. The van der Waals surface area contributed by atoms with Crippen molar-refractivity contribution in [3.8, 4) is 11.5 Å². The van der Waals surface area contributed by atoms with Gasteiger partial charge >= 0.3 is 0 Å². The van der Waals surface area contributed by atoms with Crippen molar-refractivity contribution in [3.63, 3.8) is 0 Å². The fraction of sp³-hybridized carbons (Fsp3) is 0.647. The van der Waals surface area contributed by atoms with Crippen molar-refractivity contribution in [1.82, 2.24) is 9.80 Å². The smallest absolute Gasteiger partial charge is 0.165 e. The Hall–Kier alpha value is -1.30. The molecule has 124 valence electrons. The van der Waals surface area contributed by atoms with Crippen LogP contribution in [0.15, 0.2) is 18.2 Å². The van der Waals surface area contributed by atoms with Crippen molar-refractivity contribution in [2.75, 3.05) is 48.0 Å². The predicted octanol–water partition coefficient (Wildman–Crippen LogP) is 1.45. The molecule has 2 rings (SSSR count). The van der Waals surface area contributed by atoms with Crippen LogP contribution in [0, 0.1) is 5.92 Å². The van der Waals surface area contributed by atoms with Crippen molar-refractivity contribution in [2.24, 2.45) is 5.92 Å². The van der Waals surface area contributed by atoms with Crippen LogP contribution < -0.4 is 9.47 Å². The molecule has 1 heterocycles. The Balaban J connectivity index is 2.11. The molecule has 0 radical (unpaired) electrons. The van der Waals surface area contributed by atoms with E-state index in [-0.39, 0.29) is 6.61 Å². The van der Waals surface area contributed by atoms with E-state index in [1.807, 2.05) is 12.1 Å². The Bertz CT molecular complexity index is 479. The molecule has 0 amide bonds. The molecule has 0 spiro atoms. The summed E-state index contributed by atoms with van der Waals surface area (Å²) in [5.74, 6) is 1.95. The molecule has 1 N–H and O–H groups in total. The lowest BCUT2D eigenvalue weighted by Gasteiger charge is -2.41. The minimum atomic E-state index is 0.263. The zero-order valence-electron chi connectivity index (χ0n) is 14.1. The summed E-state index contributed by atoms with van der Waals surface area (Å²) < 4.78 is 10.9. The van der Waals surface area contributed by atoms with Gasteiger partial charge < -0.3 is 19.5 Å². The number of benzene rings is 1. The van der Waals surface area contributed by atoms with Gasteiger partial charge in [-0.2, -0.15) is 0 Å². The molecule has 1 aliphatic rings. The summed E-state index contributed by atoms with van der Waals surface area (Å²) in [6.07, 6.45) is 1.02. The summed E-state index contributed by atoms with van der Waals surface area (Å²) in [4.78, 5) is 4.64. The van der Waals surface area contributed by atoms with Crippen LogP contribution in [0.5, 0.6) is 11.5 Å². The molecule has 22 heavy (non-hydrogen) atoms. The number of hydrogen-bond donors (Lipinski definition) is 1. The first kappa shape index (κ1) is 17.1. The van der Waals surface area contributed by atoms with Gasteiger partial charge in [0.25, 0.3) is 0 Å². The number of hydrogen-bond acceptors (Lipinski definition) is 5. The van der Waals surface area contributed by atoms with Crippen LogP contribution in [-0.2, 0) is 6.54 Å². The third-order valence-electron chi connectivity index (χ3n) is 4.58. The third-order valence-corrected chi connectivity index (χ3v) is 4.58. The summed E-state index contributed by atoms with van der Waals surface area (Å²) in [7, 11) is 7.52. The number of para-hydroxylation sites is 1. The molecular formula is C17H28N2O3. The van der Waals surface area contributed by atoms with Gasteiger partial charge in [-0.05, 0) is 39.0 Å². The number of aliphatic hydroxyl groups is 1. The number of rotatable bonds is 6. The molecular weight excluding hydrogens is 280 g/mol. The Morgan fingerprint density at radius 3 is 2.64 bits per heavy atom. The molecule has 5 nitrogen and oxygen atoms in total. The molecule has 2 atom stereocenters. The number of methoxy groups -OCH3 is 2. The van der Waals surface area contributed by atoms with Gasteiger partial charge in [0.2, 0.25) is 0 Å². The Labute approximate surface area is 133 Å². The van der Waals surface area contributed by atoms with E-state index in [0.717, 1.165) is 43.1 Å². The van der Waals surface area contributed by atoms with Crippen LogP contribution in [0.4, 0.5) is 0 Å². The van der Waals surface area contributed by atoms with E-state index in [0.29, 0.717) is 12.0 Å². The highest BCUT2D eigenvalue weighted by molar-refractivity contribution is 5.46. The zero-order chi connectivity index (χ0) is 16.1. The largest absolute Gasteiger partial charge is 0.493 e. The van der Waals surface area contributed by atoms with Crippen molar-refractivity contribution >= 4 is 0 Å². The van der Waals surface area contributed by atoms with Crippen LogP contribution in [0.2, 0.25) is 0 Å². The number of aliphatic hydroxyl groups excluding tert-OH is 1. The lowest BCUT2D eigenvalue weighted by molar-refractivity contribution is 0.0457. The van der Waals surface area contributed by atoms with Crippen LogP contribution in [0.3, 0.4) is 0 Å². The second-order valence-electron chi connectivity index (χ2n) is 6.15. The summed E-state index contributed by atoms with van der Waals surface area (Å²) in [6, 6.07) is 6.39. The lowest BCUT2D eigenvalue weighted by Crippen LogP contribution is -2.51. The van der Waals surface area contributed by atoms with Crippen molar-refractivity contribution in [3.05, 3.63) is 23.8 Å².